The van der Waals surface area contributed by atoms with Gasteiger partial charge in [0.15, 0.2) is 0 Å². The number of phosphoric acid groups is 1. The van der Waals surface area contributed by atoms with Crippen LogP contribution in [-0.4, -0.2) is 32.3 Å². The number of halogens is 9. The van der Waals surface area contributed by atoms with Crippen molar-refractivity contribution in [2.75, 3.05) is 0 Å². The number of rotatable bonds is 4. The van der Waals surface area contributed by atoms with Gasteiger partial charge in [0.05, 0.1) is 0 Å². The van der Waals surface area contributed by atoms with Crippen LogP contribution in [0.25, 0.3) is 0 Å². The lowest BCUT2D eigenvalue weighted by atomic mass is 10.1. The van der Waals surface area contributed by atoms with Crippen LogP contribution in [0.1, 0.15) is 0 Å². The first kappa shape index (κ1) is 18.2. The van der Waals surface area contributed by atoms with Crippen molar-refractivity contribution in [1.82, 2.24) is 0 Å². The molecule has 0 saturated carbocycles. The van der Waals surface area contributed by atoms with Gasteiger partial charge in [-0.15, -0.1) is 0 Å². The summed E-state index contributed by atoms with van der Waals surface area (Å²) in [6, 6.07) is 0. The maximum atomic E-state index is 12.8. The average Bonchev–Trinajstić information content (AvgIpc) is 1.95. The fourth-order valence-corrected chi connectivity index (χ4v) is 1.76. The van der Waals surface area contributed by atoms with Crippen LogP contribution in [0.15, 0.2) is 0 Å². The molecule has 0 heterocycles. The van der Waals surface area contributed by atoms with E-state index in [0.717, 1.165) is 0 Å². The molecule has 0 aromatic carbocycles. The summed E-state index contributed by atoms with van der Waals surface area (Å²) in [5, 5.41) is 0. The molecule has 0 unspecified atom stereocenters. The third kappa shape index (κ3) is 3.40. The van der Waals surface area contributed by atoms with E-state index in [2.05, 4.69) is 27.7 Å². The van der Waals surface area contributed by atoms with E-state index in [9.17, 15) is 35.3 Å². The second kappa shape index (κ2) is 4.64. The van der Waals surface area contributed by atoms with Gasteiger partial charge in [0.2, 0.25) is 0 Å². The fourth-order valence-electron chi connectivity index (χ4n) is 0.567. The van der Waals surface area contributed by atoms with Crippen LogP contribution in [-0.2, 0) is 9.09 Å². The predicted molar refractivity (Wildman–Crippen MR) is 43.5 cm³/mol. The number of hydrogen-bond donors (Lipinski definition) is 2. The minimum Gasteiger partial charge on any atom is -0.303 e. The molecule has 0 spiro atoms. The summed E-state index contributed by atoms with van der Waals surface area (Å²) in [4.78, 5) is 16.1. The monoisotopic (exact) mass is 348 g/mol. The Morgan fingerprint density at radius 3 is 1.44 bits per heavy atom. The molecule has 0 bridgehead atoms. The van der Waals surface area contributed by atoms with Crippen molar-refractivity contribution < 1.29 is 49.6 Å². The van der Waals surface area contributed by atoms with Crippen LogP contribution >= 0.6 is 31.0 Å². The maximum Gasteiger partial charge on any atom is 0.472 e. The minimum absolute atomic E-state index is 2.84. The lowest BCUT2D eigenvalue weighted by Gasteiger charge is -2.35. The van der Waals surface area contributed by atoms with Gasteiger partial charge in [-0.3, -0.25) is 0 Å². The highest BCUT2D eigenvalue weighted by atomic mass is 35.5. The summed E-state index contributed by atoms with van der Waals surface area (Å²) in [6.45, 7) is 0. The molecule has 0 atom stereocenters. The molecular formula is C4H2Cl2F7O4P. The van der Waals surface area contributed by atoms with Gasteiger partial charge < -0.3 is 9.79 Å². The summed E-state index contributed by atoms with van der Waals surface area (Å²) < 4.78 is 93.7. The van der Waals surface area contributed by atoms with Crippen LogP contribution in [0.4, 0.5) is 30.7 Å². The lowest BCUT2D eigenvalue weighted by Crippen LogP contribution is -2.60. The normalized spacial score (nSPS) is 15.9. The smallest absolute Gasteiger partial charge is 0.303 e. The zero-order chi connectivity index (χ0) is 15.2. The SMILES string of the molecule is O=P(O)(O)OC(Cl)(Cl)C(F)(F)C(F)(F)C(F)(F)F. The largest absolute Gasteiger partial charge is 0.472 e. The summed E-state index contributed by atoms with van der Waals surface area (Å²) in [7, 11) is -5.95. The summed E-state index contributed by atoms with van der Waals surface area (Å²) in [5.41, 5.74) is 0. The van der Waals surface area contributed by atoms with Crippen LogP contribution in [0.3, 0.4) is 0 Å². The molecule has 0 aliphatic rings. The Morgan fingerprint density at radius 2 is 1.22 bits per heavy atom. The number of phosphoric ester groups is 1. The Bertz CT molecular complexity index is 363. The first-order valence-electron chi connectivity index (χ1n) is 3.42. The maximum absolute atomic E-state index is 12.8. The molecule has 18 heavy (non-hydrogen) atoms. The van der Waals surface area contributed by atoms with E-state index in [1.807, 2.05) is 0 Å². The van der Waals surface area contributed by atoms with Gasteiger partial charge in [-0.25, -0.2) is 9.09 Å². The van der Waals surface area contributed by atoms with Gasteiger partial charge in [-0.1, -0.05) is 23.2 Å². The molecule has 2 N–H and O–H groups in total. The standard InChI is InChI=1S/C4H2Cl2F7O4P/c5-3(6,17-18(14,15)16)1(7,8)2(9,10)4(11,12)13/h(H2,14,15,16). The molecule has 0 rings (SSSR count). The van der Waals surface area contributed by atoms with Crippen molar-refractivity contribution in [2.24, 2.45) is 0 Å². The minimum atomic E-state index is -6.78. The third-order valence-electron chi connectivity index (χ3n) is 1.35. The Morgan fingerprint density at radius 1 is 0.889 bits per heavy atom. The first-order chi connectivity index (χ1) is 7.46. The average molecular weight is 349 g/mol. The van der Waals surface area contributed by atoms with Crippen LogP contribution < -0.4 is 0 Å². The van der Waals surface area contributed by atoms with Crippen molar-refractivity contribution in [3.05, 3.63) is 0 Å². The quantitative estimate of drug-likeness (QED) is 0.465. The predicted octanol–water partition coefficient (Wildman–Crippen LogP) is 3.06. The molecule has 0 fully saturated rings. The number of alkyl halides is 9. The molecule has 0 amide bonds. The van der Waals surface area contributed by atoms with Crippen molar-refractivity contribution in [3.63, 3.8) is 0 Å². The van der Waals surface area contributed by atoms with E-state index in [1.165, 1.54) is 0 Å². The molecule has 0 saturated heterocycles. The van der Waals surface area contributed by atoms with Gasteiger partial charge >= 0.3 is 25.8 Å². The molecule has 4 nitrogen and oxygen atoms in total. The highest BCUT2D eigenvalue weighted by molar-refractivity contribution is 7.46. The van der Waals surface area contributed by atoms with Gasteiger partial charge in [-0.05, 0) is 0 Å². The van der Waals surface area contributed by atoms with E-state index in [0.29, 0.717) is 0 Å². The van der Waals surface area contributed by atoms with Gasteiger partial charge in [0.25, 0.3) is 4.52 Å². The van der Waals surface area contributed by atoms with E-state index >= 15 is 0 Å². The second-order valence-corrected chi connectivity index (χ2v) is 5.17. The fraction of sp³-hybridized carbons (Fsp3) is 1.00. The highest BCUT2D eigenvalue weighted by Crippen LogP contribution is 2.59. The van der Waals surface area contributed by atoms with Crippen molar-refractivity contribution in [3.8, 4) is 0 Å². The van der Waals surface area contributed by atoms with Gasteiger partial charge in [-0.2, -0.15) is 30.7 Å². The molecule has 0 radical (unpaired) electrons. The van der Waals surface area contributed by atoms with E-state index < -0.39 is 30.4 Å². The van der Waals surface area contributed by atoms with Crippen molar-refractivity contribution >= 4 is 31.0 Å². The van der Waals surface area contributed by atoms with Crippen LogP contribution in [0.5, 0.6) is 0 Å². The Kier molecular flexibility index (Phi) is 4.69. The summed E-state index contributed by atoms with van der Waals surface area (Å²) in [6.07, 6.45) is -6.77. The molecule has 0 aliphatic heterocycles. The lowest BCUT2D eigenvalue weighted by molar-refractivity contribution is -0.367. The van der Waals surface area contributed by atoms with Crippen molar-refractivity contribution in [1.29, 1.82) is 0 Å². The molecule has 0 aromatic heterocycles. The highest BCUT2D eigenvalue weighted by Gasteiger charge is 2.81. The summed E-state index contributed by atoms with van der Waals surface area (Å²) >= 11 is 8.65. The Balaban J connectivity index is 5.57. The molecule has 0 aliphatic carbocycles. The molecular weight excluding hydrogens is 347 g/mol. The summed E-state index contributed by atoms with van der Waals surface area (Å²) in [5.74, 6) is -13.1. The van der Waals surface area contributed by atoms with Crippen molar-refractivity contribution in [2.45, 2.75) is 22.5 Å². The van der Waals surface area contributed by atoms with Crippen LogP contribution in [0.2, 0.25) is 0 Å². The molecule has 0 aromatic rings. The third-order valence-corrected chi connectivity index (χ3v) is 2.71. The van der Waals surface area contributed by atoms with Gasteiger partial charge in [0, 0.05) is 0 Å². The topological polar surface area (TPSA) is 66.8 Å². The zero-order valence-corrected chi connectivity index (χ0v) is 9.97. The zero-order valence-electron chi connectivity index (χ0n) is 7.56. The first-order valence-corrected chi connectivity index (χ1v) is 5.71. The molecule has 14 heteroatoms. The van der Waals surface area contributed by atoms with Gasteiger partial charge in [0.1, 0.15) is 0 Å². The van der Waals surface area contributed by atoms with E-state index in [-0.39, 0.29) is 0 Å². The Hall–Kier alpha value is 0.200. The number of hydrogen-bond acceptors (Lipinski definition) is 2. The van der Waals surface area contributed by atoms with E-state index in [1.54, 1.807) is 0 Å². The van der Waals surface area contributed by atoms with E-state index in [4.69, 9.17) is 9.79 Å². The Labute approximate surface area is 104 Å². The molecule has 110 valence electrons. The van der Waals surface area contributed by atoms with Crippen LogP contribution in [0, 0.1) is 0 Å². The second-order valence-electron chi connectivity index (χ2n) is 2.75.